The summed E-state index contributed by atoms with van der Waals surface area (Å²) in [7, 11) is 0. The van der Waals surface area contributed by atoms with Crippen molar-refractivity contribution >= 4 is 16.5 Å². The third kappa shape index (κ3) is 3.25. The molecule has 3 rings (SSSR count). The summed E-state index contributed by atoms with van der Waals surface area (Å²) in [6.07, 6.45) is 0. The van der Waals surface area contributed by atoms with Crippen LogP contribution in [-0.2, 0) is 0 Å². The van der Waals surface area contributed by atoms with E-state index in [1.165, 1.54) is 10.8 Å². The molecule has 90 valence electrons. The lowest BCUT2D eigenvalue weighted by Crippen LogP contribution is -1.82. The number of phenols is 1. The van der Waals surface area contributed by atoms with Crippen LogP contribution in [0.4, 0.5) is 5.69 Å². The molecule has 0 aliphatic carbocycles. The minimum Gasteiger partial charge on any atom is -0.508 e. The predicted molar refractivity (Wildman–Crippen MR) is 76.5 cm³/mol. The molecule has 2 nitrogen and oxygen atoms in total. The van der Waals surface area contributed by atoms with Crippen molar-refractivity contribution in [2.45, 2.75) is 0 Å². The number of rotatable bonds is 0. The van der Waals surface area contributed by atoms with E-state index >= 15 is 0 Å². The maximum Gasteiger partial charge on any atom is 0.115 e. The van der Waals surface area contributed by atoms with E-state index in [0.717, 1.165) is 5.69 Å². The van der Waals surface area contributed by atoms with Crippen molar-refractivity contribution in [1.29, 1.82) is 0 Å². The number of hydrogen-bond donors (Lipinski definition) is 2. The van der Waals surface area contributed by atoms with Crippen molar-refractivity contribution in [3.8, 4) is 5.75 Å². The Hall–Kier alpha value is -2.48. The van der Waals surface area contributed by atoms with Crippen molar-refractivity contribution in [3.05, 3.63) is 72.8 Å². The standard InChI is InChI=1S/C10H9N.C6H6O/c11-10-6-5-8-3-1-2-4-9(8)7-10;7-6-4-2-1-3-5-6/h1-7H,11H2;1-5,7H. The maximum atomic E-state index is 8.63. The fraction of sp³-hybridized carbons (Fsp3) is 0. The van der Waals surface area contributed by atoms with Crippen LogP contribution in [-0.4, -0.2) is 5.11 Å². The minimum atomic E-state index is 0.322. The second kappa shape index (κ2) is 5.73. The van der Waals surface area contributed by atoms with E-state index in [4.69, 9.17) is 10.8 Å². The smallest absolute Gasteiger partial charge is 0.115 e. The van der Waals surface area contributed by atoms with E-state index in [0.29, 0.717) is 5.75 Å². The number of benzene rings is 3. The molecule has 3 aromatic rings. The Morgan fingerprint density at radius 1 is 0.667 bits per heavy atom. The number of anilines is 1. The van der Waals surface area contributed by atoms with Crippen molar-refractivity contribution in [2.75, 3.05) is 5.73 Å². The van der Waals surface area contributed by atoms with Gasteiger partial charge in [-0.3, -0.25) is 0 Å². The SMILES string of the molecule is Nc1ccc2ccccc2c1.Oc1ccccc1. The molecular formula is C16H15NO. The Morgan fingerprint density at radius 3 is 1.89 bits per heavy atom. The highest BCUT2D eigenvalue weighted by atomic mass is 16.3. The van der Waals surface area contributed by atoms with Crippen LogP contribution in [0.15, 0.2) is 72.8 Å². The lowest BCUT2D eigenvalue weighted by atomic mass is 10.1. The normalized spacial score (nSPS) is 9.56. The van der Waals surface area contributed by atoms with Crippen molar-refractivity contribution in [1.82, 2.24) is 0 Å². The van der Waals surface area contributed by atoms with Crippen molar-refractivity contribution < 1.29 is 5.11 Å². The third-order valence-corrected chi connectivity index (χ3v) is 2.53. The summed E-state index contributed by atoms with van der Waals surface area (Å²) in [6, 6.07) is 22.8. The molecule has 3 aromatic carbocycles. The van der Waals surface area contributed by atoms with E-state index in [1.54, 1.807) is 24.3 Å². The van der Waals surface area contributed by atoms with Crippen LogP contribution in [0.2, 0.25) is 0 Å². The highest BCUT2D eigenvalue weighted by molar-refractivity contribution is 5.85. The Balaban J connectivity index is 0.000000149. The summed E-state index contributed by atoms with van der Waals surface area (Å²) in [6.45, 7) is 0. The van der Waals surface area contributed by atoms with Gasteiger partial charge in [0, 0.05) is 5.69 Å². The van der Waals surface area contributed by atoms with Crippen LogP contribution in [0.5, 0.6) is 5.75 Å². The molecule has 0 heterocycles. The third-order valence-electron chi connectivity index (χ3n) is 2.53. The molecule has 0 fully saturated rings. The van der Waals surface area contributed by atoms with Gasteiger partial charge in [0.2, 0.25) is 0 Å². The predicted octanol–water partition coefficient (Wildman–Crippen LogP) is 3.81. The first-order chi connectivity index (χ1) is 8.75. The van der Waals surface area contributed by atoms with E-state index < -0.39 is 0 Å². The first-order valence-corrected chi connectivity index (χ1v) is 5.74. The molecule has 0 amide bonds. The zero-order valence-corrected chi connectivity index (χ0v) is 9.95. The van der Waals surface area contributed by atoms with Gasteiger partial charge in [0.1, 0.15) is 5.75 Å². The molecule has 0 saturated carbocycles. The molecule has 0 aliphatic rings. The number of nitrogen functional groups attached to an aromatic ring is 1. The summed E-state index contributed by atoms with van der Waals surface area (Å²) < 4.78 is 0. The number of aromatic hydroxyl groups is 1. The Labute approximate surface area is 106 Å². The molecule has 0 radical (unpaired) electrons. The van der Waals surface area contributed by atoms with E-state index in [-0.39, 0.29) is 0 Å². The zero-order chi connectivity index (χ0) is 12.8. The average Bonchev–Trinajstić information content (AvgIpc) is 2.40. The molecule has 0 saturated heterocycles. The van der Waals surface area contributed by atoms with Crippen LogP contribution in [0.25, 0.3) is 10.8 Å². The molecule has 18 heavy (non-hydrogen) atoms. The summed E-state index contributed by atoms with van der Waals surface area (Å²) in [5.41, 5.74) is 6.45. The topological polar surface area (TPSA) is 46.2 Å². The average molecular weight is 237 g/mol. The molecule has 3 N–H and O–H groups in total. The first-order valence-electron chi connectivity index (χ1n) is 5.74. The van der Waals surface area contributed by atoms with Gasteiger partial charge >= 0.3 is 0 Å². The van der Waals surface area contributed by atoms with Crippen molar-refractivity contribution in [3.63, 3.8) is 0 Å². The van der Waals surface area contributed by atoms with Crippen LogP contribution in [0, 0.1) is 0 Å². The van der Waals surface area contributed by atoms with Crippen LogP contribution < -0.4 is 5.73 Å². The lowest BCUT2D eigenvalue weighted by Gasteiger charge is -1.96. The summed E-state index contributed by atoms with van der Waals surface area (Å²) in [5.74, 6) is 0.322. The van der Waals surface area contributed by atoms with E-state index in [1.807, 2.05) is 36.4 Å². The quantitative estimate of drug-likeness (QED) is 0.584. The second-order valence-electron chi connectivity index (χ2n) is 3.94. The molecule has 2 heteroatoms. The van der Waals surface area contributed by atoms with Gasteiger partial charge in [0.05, 0.1) is 0 Å². The fourth-order valence-electron chi connectivity index (χ4n) is 1.64. The summed E-state index contributed by atoms with van der Waals surface area (Å²) in [4.78, 5) is 0. The van der Waals surface area contributed by atoms with Gasteiger partial charge in [-0.1, -0.05) is 48.5 Å². The zero-order valence-electron chi connectivity index (χ0n) is 9.95. The first kappa shape index (κ1) is 12.0. The Kier molecular flexibility index (Phi) is 3.82. The number of nitrogens with two attached hydrogens (primary N) is 1. The lowest BCUT2D eigenvalue weighted by molar-refractivity contribution is 0.475. The van der Waals surface area contributed by atoms with Gasteiger partial charge < -0.3 is 10.8 Å². The highest BCUT2D eigenvalue weighted by Crippen LogP contribution is 2.15. The summed E-state index contributed by atoms with van der Waals surface area (Å²) >= 11 is 0. The molecule has 0 unspecified atom stereocenters. The Morgan fingerprint density at radius 2 is 1.28 bits per heavy atom. The maximum absolute atomic E-state index is 8.63. The summed E-state index contributed by atoms with van der Waals surface area (Å²) in [5, 5.41) is 11.1. The van der Waals surface area contributed by atoms with Crippen LogP contribution in [0.1, 0.15) is 0 Å². The minimum absolute atomic E-state index is 0.322. The number of fused-ring (bicyclic) bond motifs is 1. The second-order valence-corrected chi connectivity index (χ2v) is 3.94. The van der Waals surface area contributed by atoms with Gasteiger partial charge in [-0.05, 0) is 35.0 Å². The fourth-order valence-corrected chi connectivity index (χ4v) is 1.64. The van der Waals surface area contributed by atoms with E-state index in [2.05, 4.69) is 12.1 Å². The molecule has 0 spiro atoms. The van der Waals surface area contributed by atoms with Gasteiger partial charge in [-0.25, -0.2) is 0 Å². The largest absolute Gasteiger partial charge is 0.508 e. The molecular weight excluding hydrogens is 222 g/mol. The number of hydrogen-bond acceptors (Lipinski definition) is 2. The molecule has 0 atom stereocenters. The number of phenolic OH excluding ortho intramolecular Hbond substituents is 1. The van der Waals surface area contributed by atoms with Gasteiger partial charge in [0.15, 0.2) is 0 Å². The number of para-hydroxylation sites is 1. The van der Waals surface area contributed by atoms with Gasteiger partial charge in [-0.15, -0.1) is 0 Å². The molecule has 0 aromatic heterocycles. The van der Waals surface area contributed by atoms with Gasteiger partial charge in [0.25, 0.3) is 0 Å². The van der Waals surface area contributed by atoms with Crippen LogP contribution >= 0.6 is 0 Å². The highest BCUT2D eigenvalue weighted by Gasteiger charge is 1.89. The molecule has 0 aliphatic heterocycles. The monoisotopic (exact) mass is 237 g/mol. The van der Waals surface area contributed by atoms with E-state index in [9.17, 15) is 0 Å². The van der Waals surface area contributed by atoms with Crippen molar-refractivity contribution in [2.24, 2.45) is 0 Å². The van der Waals surface area contributed by atoms with Gasteiger partial charge in [-0.2, -0.15) is 0 Å². The Bertz CT molecular complexity index is 620. The molecule has 0 bridgehead atoms. The van der Waals surface area contributed by atoms with Crippen LogP contribution in [0.3, 0.4) is 0 Å².